The average molecular weight is 253 g/mol. The zero-order valence-corrected chi connectivity index (χ0v) is 11.8. The summed E-state index contributed by atoms with van der Waals surface area (Å²) in [6.45, 7) is 8.35. The van der Waals surface area contributed by atoms with Crippen LogP contribution in [0.4, 0.5) is 4.39 Å². The van der Waals surface area contributed by atoms with Gasteiger partial charge >= 0.3 is 0 Å². The van der Waals surface area contributed by atoms with E-state index in [0.29, 0.717) is 11.7 Å². The summed E-state index contributed by atoms with van der Waals surface area (Å²) in [7, 11) is 1.55. The quantitative estimate of drug-likeness (QED) is 0.750. The molecule has 1 rings (SSSR count). The van der Waals surface area contributed by atoms with Crippen LogP contribution in [0.25, 0.3) is 0 Å². The van der Waals surface area contributed by atoms with Crippen molar-refractivity contribution < 1.29 is 9.13 Å². The van der Waals surface area contributed by atoms with Crippen molar-refractivity contribution in [3.05, 3.63) is 29.6 Å². The van der Waals surface area contributed by atoms with Gasteiger partial charge in [-0.1, -0.05) is 26.8 Å². The van der Waals surface area contributed by atoms with E-state index in [1.165, 1.54) is 6.07 Å². The fourth-order valence-electron chi connectivity index (χ4n) is 1.90. The van der Waals surface area contributed by atoms with E-state index in [-0.39, 0.29) is 11.7 Å². The van der Waals surface area contributed by atoms with Crippen molar-refractivity contribution in [3.8, 4) is 5.75 Å². The molecule has 0 spiro atoms. The highest BCUT2D eigenvalue weighted by Crippen LogP contribution is 2.25. The maximum Gasteiger partial charge on any atom is 0.130 e. The third-order valence-electron chi connectivity index (χ3n) is 3.05. The number of methoxy groups -OCH3 is 1. The molecule has 0 radical (unpaired) electrons. The van der Waals surface area contributed by atoms with Crippen molar-refractivity contribution >= 4 is 0 Å². The Morgan fingerprint density at radius 3 is 2.56 bits per heavy atom. The summed E-state index contributed by atoms with van der Waals surface area (Å²) in [6, 6.07) is 5.09. The largest absolute Gasteiger partial charge is 0.497 e. The Labute approximate surface area is 110 Å². The Morgan fingerprint density at radius 1 is 1.28 bits per heavy atom. The molecule has 0 aromatic heterocycles. The highest BCUT2D eigenvalue weighted by atomic mass is 19.1. The zero-order valence-electron chi connectivity index (χ0n) is 11.8. The van der Waals surface area contributed by atoms with Crippen molar-refractivity contribution in [2.24, 2.45) is 5.92 Å². The molecule has 1 aromatic rings. The van der Waals surface area contributed by atoms with E-state index in [1.807, 2.05) is 12.1 Å². The Morgan fingerprint density at radius 2 is 2.00 bits per heavy atom. The predicted octanol–water partition coefficient (Wildman–Crippen LogP) is 3.57. The summed E-state index contributed by atoms with van der Waals surface area (Å²) in [4.78, 5) is 0. The molecule has 0 saturated heterocycles. The summed E-state index contributed by atoms with van der Waals surface area (Å²) in [6.07, 6.45) is 0.940. The van der Waals surface area contributed by atoms with Gasteiger partial charge in [-0.2, -0.15) is 0 Å². The topological polar surface area (TPSA) is 21.3 Å². The van der Waals surface area contributed by atoms with Crippen molar-refractivity contribution in [2.75, 3.05) is 20.2 Å². The minimum Gasteiger partial charge on any atom is -0.497 e. The molecule has 3 heteroatoms. The lowest BCUT2D eigenvalue weighted by atomic mass is 9.97. The van der Waals surface area contributed by atoms with E-state index in [1.54, 1.807) is 7.11 Å². The normalized spacial score (nSPS) is 12.8. The van der Waals surface area contributed by atoms with Crippen LogP contribution in [0, 0.1) is 11.7 Å². The van der Waals surface area contributed by atoms with Crippen LogP contribution >= 0.6 is 0 Å². The lowest BCUT2D eigenvalue weighted by Gasteiger charge is -2.14. The van der Waals surface area contributed by atoms with Crippen LogP contribution in [0.3, 0.4) is 0 Å². The van der Waals surface area contributed by atoms with Crippen molar-refractivity contribution in [3.63, 3.8) is 0 Å². The fourth-order valence-corrected chi connectivity index (χ4v) is 1.90. The number of rotatable bonds is 7. The molecule has 2 nitrogen and oxygen atoms in total. The molecule has 18 heavy (non-hydrogen) atoms. The van der Waals surface area contributed by atoms with Gasteiger partial charge in [0.1, 0.15) is 11.6 Å². The Kier molecular flexibility index (Phi) is 6.13. The van der Waals surface area contributed by atoms with Gasteiger partial charge in [0, 0.05) is 6.07 Å². The summed E-state index contributed by atoms with van der Waals surface area (Å²) < 4.78 is 18.8. The molecule has 0 aliphatic heterocycles. The maximum atomic E-state index is 13.8. The number of nitrogens with one attached hydrogen (secondary N) is 1. The first-order valence-electron chi connectivity index (χ1n) is 6.58. The standard InChI is InChI=1S/C15H24FNO/c1-11(2)10-17-8-7-12(3)14-6-5-13(18-4)9-15(14)16/h5-6,9,11-12,17H,7-8,10H2,1-4H3. The van der Waals surface area contributed by atoms with Crippen LogP contribution in [0.5, 0.6) is 5.75 Å². The first-order chi connectivity index (χ1) is 8.54. The maximum absolute atomic E-state index is 13.8. The lowest BCUT2D eigenvalue weighted by molar-refractivity contribution is 0.410. The third kappa shape index (κ3) is 4.65. The van der Waals surface area contributed by atoms with Crippen molar-refractivity contribution in [2.45, 2.75) is 33.1 Å². The second-order valence-electron chi connectivity index (χ2n) is 5.18. The van der Waals surface area contributed by atoms with Gasteiger partial charge in [0.15, 0.2) is 0 Å². The van der Waals surface area contributed by atoms with Gasteiger partial charge in [-0.05, 0) is 43.0 Å². The molecule has 0 heterocycles. The summed E-state index contributed by atoms with van der Waals surface area (Å²) in [5.41, 5.74) is 0.766. The summed E-state index contributed by atoms with van der Waals surface area (Å²) in [5.74, 6) is 1.26. The molecule has 1 atom stereocenters. The fraction of sp³-hybridized carbons (Fsp3) is 0.600. The highest BCUT2D eigenvalue weighted by Gasteiger charge is 2.11. The van der Waals surface area contributed by atoms with Gasteiger partial charge in [-0.3, -0.25) is 0 Å². The zero-order chi connectivity index (χ0) is 13.5. The summed E-state index contributed by atoms with van der Waals surface area (Å²) in [5, 5.41) is 3.38. The monoisotopic (exact) mass is 253 g/mol. The van der Waals surface area contributed by atoms with E-state index >= 15 is 0 Å². The second-order valence-corrected chi connectivity index (χ2v) is 5.18. The molecule has 1 aromatic carbocycles. The molecular formula is C15H24FNO. The Hall–Kier alpha value is -1.09. The molecule has 0 bridgehead atoms. The van der Waals surface area contributed by atoms with Crippen LogP contribution in [-0.4, -0.2) is 20.2 Å². The van der Waals surface area contributed by atoms with Crippen LogP contribution < -0.4 is 10.1 Å². The van der Waals surface area contributed by atoms with E-state index < -0.39 is 0 Å². The molecular weight excluding hydrogens is 229 g/mol. The molecule has 1 N–H and O–H groups in total. The lowest BCUT2D eigenvalue weighted by Crippen LogP contribution is -2.22. The SMILES string of the molecule is COc1ccc(C(C)CCNCC(C)C)c(F)c1. The summed E-state index contributed by atoms with van der Waals surface area (Å²) >= 11 is 0. The van der Waals surface area contributed by atoms with E-state index in [2.05, 4.69) is 26.1 Å². The van der Waals surface area contributed by atoms with Crippen molar-refractivity contribution in [1.29, 1.82) is 0 Å². The van der Waals surface area contributed by atoms with Crippen LogP contribution in [-0.2, 0) is 0 Å². The van der Waals surface area contributed by atoms with Gasteiger partial charge in [-0.25, -0.2) is 4.39 Å². The number of hydrogen-bond donors (Lipinski definition) is 1. The number of benzene rings is 1. The third-order valence-corrected chi connectivity index (χ3v) is 3.05. The molecule has 0 amide bonds. The smallest absolute Gasteiger partial charge is 0.130 e. The van der Waals surface area contributed by atoms with Crippen LogP contribution in [0.15, 0.2) is 18.2 Å². The first-order valence-corrected chi connectivity index (χ1v) is 6.58. The molecule has 102 valence electrons. The van der Waals surface area contributed by atoms with Gasteiger partial charge in [0.05, 0.1) is 7.11 Å². The molecule has 0 saturated carbocycles. The van der Waals surface area contributed by atoms with Gasteiger partial charge < -0.3 is 10.1 Å². The molecule has 0 aliphatic carbocycles. The number of halogens is 1. The van der Waals surface area contributed by atoms with Crippen LogP contribution in [0.1, 0.15) is 38.7 Å². The number of ether oxygens (including phenoxy) is 1. The number of hydrogen-bond acceptors (Lipinski definition) is 2. The Bertz CT molecular complexity index is 366. The van der Waals surface area contributed by atoms with E-state index in [4.69, 9.17) is 4.74 Å². The molecule has 0 aliphatic rings. The average Bonchev–Trinajstić information content (AvgIpc) is 2.33. The van der Waals surface area contributed by atoms with Crippen LogP contribution in [0.2, 0.25) is 0 Å². The van der Waals surface area contributed by atoms with Crippen molar-refractivity contribution in [1.82, 2.24) is 5.32 Å². The van der Waals surface area contributed by atoms with Gasteiger partial charge in [0.2, 0.25) is 0 Å². The van der Waals surface area contributed by atoms with E-state index in [0.717, 1.165) is 25.1 Å². The van der Waals surface area contributed by atoms with Gasteiger partial charge in [-0.15, -0.1) is 0 Å². The molecule has 1 unspecified atom stereocenters. The minimum absolute atomic E-state index is 0.175. The molecule has 0 fully saturated rings. The first kappa shape index (κ1) is 15.0. The highest BCUT2D eigenvalue weighted by molar-refractivity contribution is 5.30. The van der Waals surface area contributed by atoms with E-state index in [9.17, 15) is 4.39 Å². The Balaban J connectivity index is 2.48. The minimum atomic E-state index is -0.175. The predicted molar refractivity (Wildman–Crippen MR) is 73.7 cm³/mol. The second kappa shape index (κ2) is 7.37. The van der Waals surface area contributed by atoms with Gasteiger partial charge in [0.25, 0.3) is 0 Å².